The lowest BCUT2D eigenvalue weighted by atomic mass is 9.69. The van der Waals surface area contributed by atoms with Crippen LogP contribution in [0.2, 0.25) is 0 Å². The van der Waals surface area contributed by atoms with E-state index in [9.17, 15) is 14.4 Å². The highest BCUT2D eigenvalue weighted by Crippen LogP contribution is 2.47. The van der Waals surface area contributed by atoms with Gasteiger partial charge >= 0.3 is 11.9 Å². The third kappa shape index (κ3) is 4.88. The number of para-hydroxylation sites is 1. The summed E-state index contributed by atoms with van der Waals surface area (Å²) in [7, 11) is 1.29. The van der Waals surface area contributed by atoms with Crippen molar-refractivity contribution >= 4 is 17.7 Å². The number of benzene rings is 1. The number of methoxy groups -OCH3 is 1. The number of dihydropyridines is 1. The lowest BCUT2D eigenvalue weighted by Crippen LogP contribution is -2.43. The molecule has 0 saturated heterocycles. The Hall–Kier alpha value is -3.09. The fourth-order valence-electron chi connectivity index (χ4n) is 4.67. The largest absolute Gasteiger partial charge is 0.491 e. The van der Waals surface area contributed by atoms with Crippen molar-refractivity contribution in [2.45, 2.75) is 72.5 Å². The third-order valence-corrected chi connectivity index (χ3v) is 6.44. The summed E-state index contributed by atoms with van der Waals surface area (Å²) in [6.07, 6.45) is 0.755. The molecule has 34 heavy (non-hydrogen) atoms. The number of hydrogen-bond donors (Lipinski definition) is 1. The van der Waals surface area contributed by atoms with Crippen LogP contribution in [-0.4, -0.2) is 37.0 Å². The smallest absolute Gasteiger partial charge is 0.337 e. The van der Waals surface area contributed by atoms with Crippen LogP contribution < -0.4 is 10.1 Å². The van der Waals surface area contributed by atoms with Gasteiger partial charge in [0.1, 0.15) is 11.7 Å². The number of ether oxygens (including phenoxy) is 3. The van der Waals surface area contributed by atoms with Crippen LogP contribution in [0.5, 0.6) is 5.75 Å². The highest BCUT2D eigenvalue weighted by atomic mass is 16.5. The van der Waals surface area contributed by atoms with Gasteiger partial charge in [0.2, 0.25) is 0 Å². The van der Waals surface area contributed by atoms with E-state index in [-0.39, 0.29) is 23.9 Å². The number of Topliss-reactive ketones (excluding diaryl/α,β-unsaturated/α-hetero) is 1. The van der Waals surface area contributed by atoms with Gasteiger partial charge in [-0.1, -0.05) is 32.0 Å². The maximum Gasteiger partial charge on any atom is 0.337 e. The Kier molecular flexibility index (Phi) is 7.85. The molecule has 0 spiro atoms. The van der Waals surface area contributed by atoms with Crippen LogP contribution in [0, 0.1) is 11.8 Å². The minimum absolute atomic E-state index is 0.109. The maximum atomic E-state index is 13.8. The van der Waals surface area contributed by atoms with Gasteiger partial charge in [-0.2, -0.15) is 0 Å². The van der Waals surface area contributed by atoms with Gasteiger partial charge in [0.15, 0.2) is 5.78 Å². The molecule has 1 aliphatic heterocycles. The van der Waals surface area contributed by atoms with Gasteiger partial charge in [0.05, 0.1) is 30.8 Å². The Labute approximate surface area is 201 Å². The van der Waals surface area contributed by atoms with Crippen molar-refractivity contribution in [2.24, 2.45) is 11.8 Å². The molecule has 0 amide bonds. The SMILES string of the molecule is CC[C@@H](C)OC(=O)C1=C(C)NC2=C(C(=O)[C@H](C(=O)OC)[C@@H](C)C2)[C@@H]1c1ccccc1OC(C)C. The number of esters is 2. The van der Waals surface area contributed by atoms with E-state index in [4.69, 9.17) is 14.2 Å². The molecule has 1 aromatic carbocycles. The summed E-state index contributed by atoms with van der Waals surface area (Å²) in [6.45, 7) is 11.3. The zero-order valence-corrected chi connectivity index (χ0v) is 21.1. The van der Waals surface area contributed by atoms with Crippen molar-refractivity contribution in [1.82, 2.24) is 5.32 Å². The number of nitrogens with one attached hydrogen (secondary N) is 1. The molecule has 0 saturated carbocycles. The highest BCUT2D eigenvalue weighted by Gasteiger charge is 2.48. The monoisotopic (exact) mass is 469 g/mol. The quantitative estimate of drug-likeness (QED) is 0.467. The van der Waals surface area contributed by atoms with E-state index >= 15 is 0 Å². The van der Waals surface area contributed by atoms with E-state index in [1.807, 2.05) is 65.8 Å². The van der Waals surface area contributed by atoms with Crippen molar-refractivity contribution in [3.8, 4) is 5.75 Å². The van der Waals surface area contributed by atoms with E-state index in [0.717, 1.165) is 5.70 Å². The fraction of sp³-hybridized carbons (Fsp3) is 0.519. The zero-order valence-electron chi connectivity index (χ0n) is 21.1. The van der Waals surface area contributed by atoms with Crippen LogP contribution in [0.15, 0.2) is 46.8 Å². The average molecular weight is 470 g/mol. The molecule has 7 heteroatoms. The second kappa shape index (κ2) is 10.5. The van der Waals surface area contributed by atoms with Gasteiger partial charge in [0.25, 0.3) is 0 Å². The molecule has 1 heterocycles. The summed E-state index contributed by atoms with van der Waals surface area (Å²) in [6, 6.07) is 7.40. The first-order valence-electron chi connectivity index (χ1n) is 11.9. The molecule has 184 valence electrons. The molecule has 0 fully saturated rings. The van der Waals surface area contributed by atoms with Gasteiger partial charge in [-0.15, -0.1) is 0 Å². The summed E-state index contributed by atoms with van der Waals surface area (Å²) >= 11 is 0. The summed E-state index contributed by atoms with van der Waals surface area (Å²) in [5, 5.41) is 3.28. The molecule has 1 aromatic rings. The maximum absolute atomic E-state index is 13.8. The molecule has 0 radical (unpaired) electrons. The number of ketones is 1. The molecule has 0 unspecified atom stereocenters. The Bertz CT molecular complexity index is 1040. The van der Waals surface area contributed by atoms with Crippen molar-refractivity contribution in [2.75, 3.05) is 7.11 Å². The standard InChI is InChI=1S/C27H35NO6/c1-8-16(5)34-27(31)22-17(6)28-19-13-15(4)21(26(30)32-7)25(29)24(19)23(22)18-11-9-10-12-20(18)33-14(2)3/h9-12,14-16,21,23,28H,8,13H2,1-7H3/t15-,16+,21+,23+/m0/s1. The van der Waals surface area contributed by atoms with Crippen LogP contribution >= 0.6 is 0 Å². The lowest BCUT2D eigenvalue weighted by Gasteiger charge is -2.38. The van der Waals surface area contributed by atoms with Gasteiger partial charge in [-0.3, -0.25) is 9.59 Å². The van der Waals surface area contributed by atoms with E-state index in [1.54, 1.807) is 0 Å². The summed E-state index contributed by atoms with van der Waals surface area (Å²) in [4.78, 5) is 39.8. The van der Waals surface area contributed by atoms with E-state index < -0.39 is 23.8 Å². The Morgan fingerprint density at radius 2 is 1.85 bits per heavy atom. The van der Waals surface area contributed by atoms with E-state index in [0.29, 0.717) is 41.0 Å². The molecule has 1 N–H and O–H groups in total. The second-order valence-corrected chi connectivity index (χ2v) is 9.36. The van der Waals surface area contributed by atoms with Crippen LogP contribution in [0.4, 0.5) is 0 Å². The van der Waals surface area contributed by atoms with Crippen molar-refractivity contribution < 1.29 is 28.6 Å². The normalized spacial score (nSPS) is 23.3. The predicted octanol–water partition coefficient (Wildman–Crippen LogP) is 4.43. The van der Waals surface area contributed by atoms with Crippen LogP contribution in [0.3, 0.4) is 0 Å². The molecular weight excluding hydrogens is 434 g/mol. The fourth-order valence-corrected chi connectivity index (χ4v) is 4.67. The second-order valence-electron chi connectivity index (χ2n) is 9.36. The molecule has 3 rings (SSSR count). The van der Waals surface area contributed by atoms with Crippen molar-refractivity contribution in [3.63, 3.8) is 0 Å². The minimum Gasteiger partial charge on any atom is -0.491 e. The average Bonchev–Trinajstić information content (AvgIpc) is 2.77. The summed E-state index contributed by atoms with van der Waals surface area (Å²) in [5.74, 6) is -2.71. The number of carbonyl (C=O) groups excluding carboxylic acids is 3. The van der Waals surface area contributed by atoms with Crippen molar-refractivity contribution in [3.05, 3.63) is 52.4 Å². The van der Waals surface area contributed by atoms with Crippen LogP contribution in [0.25, 0.3) is 0 Å². The van der Waals surface area contributed by atoms with E-state index in [2.05, 4.69) is 5.32 Å². The first-order valence-corrected chi connectivity index (χ1v) is 11.9. The van der Waals surface area contributed by atoms with Gasteiger partial charge in [-0.05, 0) is 52.5 Å². The third-order valence-electron chi connectivity index (χ3n) is 6.44. The zero-order chi connectivity index (χ0) is 25.2. The molecule has 0 aromatic heterocycles. The molecule has 4 atom stereocenters. The molecule has 1 aliphatic carbocycles. The summed E-state index contributed by atoms with van der Waals surface area (Å²) in [5.41, 5.74) is 2.79. The Morgan fingerprint density at radius 3 is 2.47 bits per heavy atom. The molecule has 7 nitrogen and oxygen atoms in total. The topological polar surface area (TPSA) is 90.9 Å². The van der Waals surface area contributed by atoms with E-state index in [1.165, 1.54) is 7.11 Å². The van der Waals surface area contributed by atoms with Crippen LogP contribution in [-0.2, 0) is 23.9 Å². The lowest BCUT2D eigenvalue weighted by molar-refractivity contribution is -0.151. The molecule has 0 bridgehead atoms. The Morgan fingerprint density at radius 1 is 1.18 bits per heavy atom. The number of allylic oxidation sites excluding steroid dienone is 3. The highest BCUT2D eigenvalue weighted by molar-refractivity contribution is 6.12. The minimum atomic E-state index is -0.934. The molecular formula is C27H35NO6. The first kappa shape index (κ1) is 25.5. The Balaban J connectivity index is 2.22. The van der Waals surface area contributed by atoms with Crippen LogP contribution in [0.1, 0.15) is 65.9 Å². The van der Waals surface area contributed by atoms with Gasteiger partial charge in [-0.25, -0.2) is 4.79 Å². The van der Waals surface area contributed by atoms with Gasteiger partial charge in [0, 0.05) is 22.5 Å². The number of carbonyl (C=O) groups is 3. The van der Waals surface area contributed by atoms with Crippen molar-refractivity contribution in [1.29, 1.82) is 0 Å². The first-order chi connectivity index (χ1) is 16.1. The molecule has 2 aliphatic rings. The van der Waals surface area contributed by atoms with Gasteiger partial charge < -0.3 is 19.5 Å². The number of rotatable bonds is 7. The number of hydrogen-bond acceptors (Lipinski definition) is 7. The predicted molar refractivity (Wildman–Crippen MR) is 128 cm³/mol. The summed E-state index contributed by atoms with van der Waals surface area (Å²) < 4.78 is 16.7.